The Bertz CT molecular complexity index is 462. The topological polar surface area (TPSA) is 107 Å². The van der Waals surface area contributed by atoms with Gasteiger partial charge in [0.2, 0.25) is 17.7 Å². The van der Waals surface area contributed by atoms with Crippen LogP contribution < -0.4 is 5.32 Å². The molecular formula is C15H27B2N3O5. The van der Waals surface area contributed by atoms with Crippen molar-refractivity contribution >= 4 is 38.2 Å². The normalized spacial score (nSPS) is 9.88. The number of hydrogen-bond acceptors (Lipinski definition) is 4. The van der Waals surface area contributed by atoms with Crippen molar-refractivity contribution in [3.8, 4) is 0 Å². The maximum Gasteiger partial charge on any atom is 0.323 e. The molecule has 0 saturated heterocycles. The van der Waals surface area contributed by atoms with Gasteiger partial charge in [-0.1, -0.05) is 20.6 Å². The van der Waals surface area contributed by atoms with Gasteiger partial charge in [-0.2, -0.15) is 0 Å². The molecule has 3 amide bonds. The van der Waals surface area contributed by atoms with Crippen LogP contribution in [0.2, 0.25) is 26.3 Å². The second-order valence-electron chi connectivity index (χ2n) is 5.60. The van der Waals surface area contributed by atoms with E-state index in [4.69, 9.17) is 5.11 Å². The Hall–Kier alpha value is -1.99. The van der Waals surface area contributed by atoms with Crippen molar-refractivity contribution in [2.75, 3.05) is 32.7 Å². The number of carbonyl (C=O) groups is 4. The van der Waals surface area contributed by atoms with E-state index >= 15 is 0 Å². The van der Waals surface area contributed by atoms with Crippen molar-refractivity contribution in [3.05, 3.63) is 0 Å². The maximum atomic E-state index is 12.0. The van der Waals surface area contributed by atoms with E-state index in [0.717, 1.165) is 6.42 Å². The fourth-order valence-electron chi connectivity index (χ4n) is 2.18. The summed E-state index contributed by atoms with van der Waals surface area (Å²) < 4.78 is 0. The van der Waals surface area contributed by atoms with E-state index in [1.165, 1.54) is 9.80 Å². The second kappa shape index (κ2) is 13.3. The Balaban J connectivity index is 4.45. The third-order valence-corrected chi connectivity index (χ3v) is 3.32. The minimum absolute atomic E-state index is 0.0455. The van der Waals surface area contributed by atoms with E-state index in [1.807, 2.05) is 6.92 Å². The van der Waals surface area contributed by atoms with Gasteiger partial charge < -0.3 is 20.2 Å². The van der Waals surface area contributed by atoms with Gasteiger partial charge in [0.1, 0.15) is 21.1 Å². The molecule has 2 N–H and O–H groups in total. The summed E-state index contributed by atoms with van der Waals surface area (Å²) in [5, 5.41) is 11.5. The molecule has 0 fully saturated rings. The molecule has 25 heavy (non-hydrogen) atoms. The van der Waals surface area contributed by atoms with Crippen LogP contribution in [0.5, 0.6) is 0 Å². The van der Waals surface area contributed by atoms with Gasteiger partial charge in [0.25, 0.3) is 0 Å². The highest BCUT2D eigenvalue weighted by Gasteiger charge is 2.18. The van der Waals surface area contributed by atoms with Crippen LogP contribution in [0, 0.1) is 0 Å². The zero-order valence-corrected chi connectivity index (χ0v) is 15.3. The average molecular weight is 351 g/mol. The zero-order valence-electron chi connectivity index (χ0n) is 15.3. The summed E-state index contributed by atoms with van der Waals surface area (Å²) in [7, 11) is 3.39. The molecule has 10 heteroatoms. The van der Waals surface area contributed by atoms with E-state index in [1.54, 1.807) is 28.2 Å². The maximum absolute atomic E-state index is 12.0. The van der Waals surface area contributed by atoms with Crippen LogP contribution in [0.25, 0.3) is 0 Å². The number of carboxylic acid groups (broad SMARTS) is 1. The molecule has 0 spiro atoms. The number of nitrogens with one attached hydrogen (secondary N) is 1. The van der Waals surface area contributed by atoms with Gasteiger partial charge in [0, 0.05) is 19.6 Å². The predicted molar refractivity (Wildman–Crippen MR) is 96.9 cm³/mol. The van der Waals surface area contributed by atoms with Crippen molar-refractivity contribution in [2.45, 2.75) is 39.6 Å². The van der Waals surface area contributed by atoms with Crippen molar-refractivity contribution in [1.82, 2.24) is 15.1 Å². The first-order valence-corrected chi connectivity index (χ1v) is 8.45. The van der Waals surface area contributed by atoms with Gasteiger partial charge in [0.15, 0.2) is 0 Å². The molecule has 0 atom stereocenters. The largest absolute Gasteiger partial charge is 0.480 e. The Morgan fingerprint density at radius 2 is 1.44 bits per heavy atom. The summed E-state index contributed by atoms with van der Waals surface area (Å²) >= 11 is 0. The molecule has 0 rings (SSSR count). The van der Waals surface area contributed by atoms with Crippen LogP contribution in [0.3, 0.4) is 0 Å². The van der Waals surface area contributed by atoms with Crippen molar-refractivity contribution in [1.29, 1.82) is 0 Å². The fraction of sp³-hybridized carbons (Fsp3) is 0.733. The Labute approximate surface area is 150 Å². The fourth-order valence-corrected chi connectivity index (χ4v) is 2.18. The first-order valence-electron chi connectivity index (χ1n) is 8.45. The number of carbonyl (C=O) groups excluding carboxylic acids is 3. The van der Waals surface area contributed by atoms with Crippen LogP contribution >= 0.6 is 0 Å². The Morgan fingerprint density at radius 3 is 1.88 bits per heavy atom. The van der Waals surface area contributed by atoms with Gasteiger partial charge >= 0.3 is 5.97 Å². The zero-order chi connectivity index (χ0) is 19.2. The van der Waals surface area contributed by atoms with E-state index in [0.29, 0.717) is 6.54 Å². The molecule has 2 radical (unpaired) electrons. The molecule has 0 saturated carbocycles. The van der Waals surface area contributed by atoms with Gasteiger partial charge in [-0.3, -0.25) is 19.2 Å². The first kappa shape index (κ1) is 23.0. The summed E-state index contributed by atoms with van der Waals surface area (Å²) in [5.41, 5.74) is 0. The second-order valence-corrected chi connectivity index (χ2v) is 5.60. The standard InChI is InChI=1S/C15H27B2N3O5/c1-4-6-19(13(22)8-16-2)10-12(21)18-5-7-20(11-15(24)25)14(23)9-17-3/h4-11H2,1-3H3,(H,18,21)(H,24,25). The Morgan fingerprint density at radius 1 is 0.920 bits per heavy atom. The number of rotatable bonds is 13. The van der Waals surface area contributed by atoms with Crippen molar-refractivity contribution in [2.24, 2.45) is 0 Å². The van der Waals surface area contributed by atoms with Crippen LogP contribution in [-0.4, -0.2) is 85.9 Å². The molecule has 0 aliphatic carbocycles. The minimum Gasteiger partial charge on any atom is -0.480 e. The lowest BCUT2D eigenvalue weighted by Crippen LogP contribution is -2.45. The summed E-state index contributed by atoms with van der Waals surface area (Å²) in [5.74, 6) is -1.85. The van der Waals surface area contributed by atoms with E-state index in [2.05, 4.69) is 5.32 Å². The molecule has 138 valence electrons. The number of hydrogen-bond donors (Lipinski definition) is 2. The lowest BCUT2D eigenvalue weighted by Gasteiger charge is -2.23. The lowest BCUT2D eigenvalue weighted by molar-refractivity contribution is -0.143. The number of aliphatic carboxylic acids is 1. The number of carboxylic acids is 1. The first-order chi connectivity index (χ1) is 11.8. The third-order valence-electron chi connectivity index (χ3n) is 3.32. The summed E-state index contributed by atoms with van der Waals surface area (Å²) in [4.78, 5) is 49.3. The van der Waals surface area contributed by atoms with E-state index < -0.39 is 12.5 Å². The van der Waals surface area contributed by atoms with Crippen LogP contribution in [0.1, 0.15) is 13.3 Å². The molecular weight excluding hydrogens is 324 g/mol. The van der Waals surface area contributed by atoms with Gasteiger partial charge in [-0.15, -0.1) is 0 Å². The third kappa shape index (κ3) is 10.5. The molecule has 0 aromatic heterocycles. The SMILES string of the molecule is C[B]CC(=O)N(CCNC(=O)CN(CCC)C(=O)C[B]C)CC(=O)O. The number of amides is 3. The summed E-state index contributed by atoms with van der Waals surface area (Å²) in [6.45, 7) is 5.70. The van der Waals surface area contributed by atoms with E-state index in [9.17, 15) is 19.2 Å². The summed E-state index contributed by atoms with van der Waals surface area (Å²) in [6, 6.07) is 0. The highest BCUT2D eigenvalue weighted by Crippen LogP contribution is 1.98. The molecule has 0 aliphatic heterocycles. The smallest absolute Gasteiger partial charge is 0.323 e. The average Bonchev–Trinajstić information content (AvgIpc) is 2.53. The van der Waals surface area contributed by atoms with Crippen LogP contribution in [-0.2, 0) is 19.2 Å². The molecule has 0 aromatic carbocycles. The molecule has 0 heterocycles. The van der Waals surface area contributed by atoms with E-state index in [-0.39, 0.29) is 50.0 Å². The molecule has 0 aromatic rings. The van der Waals surface area contributed by atoms with Crippen LogP contribution in [0.15, 0.2) is 0 Å². The number of nitrogens with zero attached hydrogens (tertiary/aromatic N) is 2. The molecule has 0 bridgehead atoms. The molecule has 0 aliphatic rings. The lowest BCUT2D eigenvalue weighted by atomic mass is 9.77. The van der Waals surface area contributed by atoms with Gasteiger partial charge in [0.05, 0.1) is 6.54 Å². The molecule has 0 unspecified atom stereocenters. The highest BCUT2D eigenvalue weighted by atomic mass is 16.4. The Kier molecular flexibility index (Phi) is 12.3. The van der Waals surface area contributed by atoms with Gasteiger partial charge in [-0.25, -0.2) is 0 Å². The predicted octanol–water partition coefficient (Wildman–Crippen LogP) is -0.404. The summed E-state index contributed by atoms with van der Waals surface area (Å²) in [6.07, 6.45) is 1.17. The quantitative estimate of drug-likeness (QED) is 0.439. The van der Waals surface area contributed by atoms with Crippen LogP contribution in [0.4, 0.5) is 0 Å². The minimum atomic E-state index is -1.11. The highest BCUT2D eigenvalue weighted by molar-refractivity contribution is 6.39. The molecule has 8 nitrogen and oxygen atoms in total. The van der Waals surface area contributed by atoms with Gasteiger partial charge in [-0.05, 0) is 19.1 Å². The monoisotopic (exact) mass is 351 g/mol. The van der Waals surface area contributed by atoms with Crippen molar-refractivity contribution in [3.63, 3.8) is 0 Å². The van der Waals surface area contributed by atoms with Crippen molar-refractivity contribution < 1.29 is 24.3 Å².